The maximum atomic E-state index is 11.2. The van der Waals surface area contributed by atoms with E-state index in [0.29, 0.717) is 5.76 Å². The molecule has 0 fully saturated rings. The minimum absolute atomic E-state index is 0.216. The molecule has 0 heterocycles. The molecule has 0 aromatic heterocycles. The highest BCUT2D eigenvalue weighted by atomic mass is 16.5. The summed E-state index contributed by atoms with van der Waals surface area (Å²) in [5.74, 6) is -1.82. The summed E-state index contributed by atoms with van der Waals surface area (Å²) >= 11 is 0. The summed E-state index contributed by atoms with van der Waals surface area (Å²) in [5, 5.41) is 8.84. The Morgan fingerprint density at radius 3 is 2.60 bits per heavy atom. The first-order chi connectivity index (χ1) is 7.08. The molecule has 0 aliphatic heterocycles. The van der Waals surface area contributed by atoms with Crippen molar-refractivity contribution >= 4 is 11.9 Å². The van der Waals surface area contributed by atoms with Crippen molar-refractivity contribution in [2.75, 3.05) is 14.2 Å². The number of carbonyl (C=O) groups excluding carboxylic acids is 1. The van der Waals surface area contributed by atoms with Gasteiger partial charge in [0.05, 0.1) is 31.5 Å². The van der Waals surface area contributed by atoms with Crippen LogP contribution < -0.4 is 0 Å². The second-order valence-electron chi connectivity index (χ2n) is 3.08. The molecule has 0 spiro atoms. The fraction of sp³-hybridized carbons (Fsp3) is 0.400. The average molecular weight is 212 g/mol. The smallest absolute Gasteiger partial charge is 0.337 e. The molecule has 1 N–H and O–H groups in total. The van der Waals surface area contributed by atoms with Gasteiger partial charge in [-0.15, -0.1) is 0 Å². The summed E-state index contributed by atoms with van der Waals surface area (Å²) in [5.41, 5.74) is 0.216. The van der Waals surface area contributed by atoms with Crippen molar-refractivity contribution < 1.29 is 24.2 Å². The molecule has 0 saturated heterocycles. The summed E-state index contributed by atoms with van der Waals surface area (Å²) in [6, 6.07) is 0. The lowest BCUT2D eigenvalue weighted by Crippen LogP contribution is -2.18. The van der Waals surface area contributed by atoms with Gasteiger partial charge in [0.2, 0.25) is 0 Å². The zero-order valence-electron chi connectivity index (χ0n) is 8.52. The number of rotatable bonds is 3. The highest BCUT2D eigenvalue weighted by Gasteiger charge is 2.24. The van der Waals surface area contributed by atoms with Crippen molar-refractivity contribution in [1.29, 1.82) is 0 Å². The molecule has 0 saturated carbocycles. The molecule has 0 aromatic rings. The van der Waals surface area contributed by atoms with Crippen LogP contribution in [0.3, 0.4) is 0 Å². The van der Waals surface area contributed by atoms with Gasteiger partial charge in [-0.3, -0.25) is 4.79 Å². The zero-order valence-corrected chi connectivity index (χ0v) is 8.52. The quantitative estimate of drug-likeness (QED) is 0.698. The Morgan fingerprint density at radius 2 is 2.13 bits per heavy atom. The first kappa shape index (κ1) is 11.3. The Labute approximate surface area is 87.0 Å². The van der Waals surface area contributed by atoms with Crippen LogP contribution >= 0.6 is 0 Å². The molecule has 1 atom stereocenters. The van der Waals surface area contributed by atoms with Gasteiger partial charge in [-0.1, -0.05) is 6.08 Å². The zero-order chi connectivity index (χ0) is 11.4. The number of methoxy groups -OCH3 is 2. The number of ether oxygens (including phenoxy) is 2. The van der Waals surface area contributed by atoms with Crippen molar-refractivity contribution in [3.05, 3.63) is 23.5 Å². The standard InChI is InChI=1S/C10H12O5/c1-14-8-4-6(9(11)12)3-7(5-8)10(13)15-2/h3,5-6H,4H2,1-2H3,(H,11,12). The SMILES string of the molecule is COC(=O)C1=CC(C(=O)O)CC(OC)=C1. The van der Waals surface area contributed by atoms with E-state index in [9.17, 15) is 9.59 Å². The van der Waals surface area contributed by atoms with Gasteiger partial charge < -0.3 is 14.6 Å². The fourth-order valence-electron chi connectivity index (χ4n) is 1.32. The average Bonchev–Trinajstić information content (AvgIpc) is 2.27. The molecule has 0 aromatic carbocycles. The van der Waals surface area contributed by atoms with Gasteiger partial charge in [-0.2, -0.15) is 0 Å². The molecule has 1 unspecified atom stereocenters. The summed E-state index contributed by atoms with van der Waals surface area (Å²) in [6.07, 6.45) is 3.12. The Hall–Kier alpha value is -1.78. The van der Waals surface area contributed by atoms with Crippen LogP contribution in [0.4, 0.5) is 0 Å². The molecule has 0 radical (unpaired) electrons. The van der Waals surface area contributed by atoms with E-state index < -0.39 is 17.9 Å². The van der Waals surface area contributed by atoms with E-state index in [2.05, 4.69) is 4.74 Å². The van der Waals surface area contributed by atoms with Gasteiger partial charge >= 0.3 is 11.9 Å². The number of aliphatic carboxylic acids is 1. The molecule has 15 heavy (non-hydrogen) atoms. The van der Waals surface area contributed by atoms with Crippen LogP contribution in [0.25, 0.3) is 0 Å². The van der Waals surface area contributed by atoms with Gasteiger partial charge in [0, 0.05) is 6.42 Å². The van der Waals surface area contributed by atoms with Gasteiger partial charge in [0.15, 0.2) is 0 Å². The largest absolute Gasteiger partial charge is 0.501 e. The molecule has 0 amide bonds. The van der Waals surface area contributed by atoms with E-state index in [4.69, 9.17) is 9.84 Å². The number of carbonyl (C=O) groups is 2. The normalized spacial score (nSPS) is 20.0. The summed E-state index contributed by atoms with van der Waals surface area (Å²) in [4.78, 5) is 22.0. The minimum atomic E-state index is -0.987. The maximum absolute atomic E-state index is 11.2. The van der Waals surface area contributed by atoms with Crippen molar-refractivity contribution in [1.82, 2.24) is 0 Å². The third-order valence-corrected chi connectivity index (χ3v) is 2.12. The molecule has 82 valence electrons. The maximum Gasteiger partial charge on any atom is 0.337 e. The fourth-order valence-corrected chi connectivity index (χ4v) is 1.32. The van der Waals surface area contributed by atoms with Crippen LogP contribution in [0.5, 0.6) is 0 Å². The predicted molar refractivity (Wildman–Crippen MR) is 50.9 cm³/mol. The lowest BCUT2D eigenvalue weighted by molar-refractivity contribution is -0.140. The van der Waals surface area contributed by atoms with Crippen LogP contribution in [-0.2, 0) is 19.1 Å². The van der Waals surface area contributed by atoms with E-state index in [1.807, 2.05) is 0 Å². The third-order valence-electron chi connectivity index (χ3n) is 2.12. The third kappa shape index (κ3) is 2.59. The number of hydrogen-bond acceptors (Lipinski definition) is 4. The van der Waals surface area contributed by atoms with Crippen LogP contribution in [0.2, 0.25) is 0 Å². The molecule has 0 bridgehead atoms. The van der Waals surface area contributed by atoms with Crippen molar-refractivity contribution in [2.45, 2.75) is 6.42 Å². The van der Waals surface area contributed by atoms with E-state index in [0.717, 1.165) is 0 Å². The monoisotopic (exact) mass is 212 g/mol. The van der Waals surface area contributed by atoms with Gasteiger partial charge in [0.1, 0.15) is 0 Å². The molecule has 5 heteroatoms. The molecular weight excluding hydrogens is 200 g/mol. The van der Waals surface area contributed by atoms with Crippen LogP contribution in [-0.4, -0.2) is 31.3 Å². The Kier molecular flexibility index (Phi) is 3.49. The van der Waals surface area contributed by atoms with E-state index in [1.165, 1.54) is 26.4 Å². The van der Waals surface area contributed by atoms with Gasteiger partial charge in [0.25, 0.3) is 0 Å². The van der Waals surface area contributed by atoms with E-state index in [-0.39, 0.29) is 12.0 Å². The lowest BCUT2D eigenvalue weighted by atomic mass is 9.95. The van der Waals surface area contributed by atoms with E-state index >= 15 is 0 Å². The number of esters is 1. The molecular formula is C10H12O5. The number of allylic oxidation sites excluding steroid dienone is 1. The van der Waals surface area contributed by atoms with Crippen molar-refractivity contribution in [2.24, 2.45) is 5.92 Å². The Balaban J connectivity index is 2.96. The minimum Gasteiger partial charge on any atom is -0.501 e. The van der Waals surface area contributed by atoms with Crippen molar-refractivity contribution in [3.63, 3.8) is 0 Å². The Morgan fingerprint density at radius 1 is 1.47 bits per heavy atom. The van der Waals surface area contributed by atoms with Gasteiger partial charge in [-0.25, -0.2) is 4.79 Å². The number of carboxylic acids is 1. The predicted octanol–water partition coefficient (Wildman–Crippen LogP) is 0.721. The molecule has 5 nitrogen and oxygen atoms in total. The first-order valence-electron chi connectivity index (χ1n) is 4.36. The van der Waals surface area contributed by atoms with Crippen LogP contribution in [0.15, 0.2) is 23.5 Å². The topological polar surface area (TPSA) is 72.8 Å². The van der Waals surface area contributed by atoms with Gasteiger partial charge in [-0.05, 0) is 6.08 Å². The van der Waals surface area contributed by atoms with Crippen molar-refractivity contribution in [3.8, 4) is 0 Å². The molecule has 1 aliphatic rings. The first-order valence-corrected chi connectivity index (χ1v) is 4.36. The highest BCUT2D eigenvalue weighted by molar-refractivity contribution is 5.93. The van der Waals surface area contributed by atoms with E-state index in [1.54, 1.807) is 0 Å². The molecule has 1 rings (SSSR count). The highest BCUT2D eigenvalue weighted by Crippen LogP contribution is 2.24. The lowest BCUT2D eigenvalue weighted by Gasteiger charge is -2.16. The Bertz CT molecular complexity index is 340. The number of hydrogen-bond donors (Lipinski definition) is 1. The summed E-state index contributed by atoms with van der Waals surface area (Å²) < 4.78 is 9.46. The van der Waals surface area contributed by atoms with Crippen LogP contribution in [0, 0.1) is 5.92 Å². The number of carboxylic acid groups (broad SMARTS) is 1. The summed E-state index contributed by atoms with van der Waals surface area (Å²) in [7, 11) is 2.68. The molecule has 1 aliphatic carbocycles. The summed E-state index contributed by atoms with van der Waals surface area (Å²) in [6.45, 7) is 0. The second-order valence-corrected chi connectivity index (χ2v) is 3.08. The van der Waals surface area contributed by atoms with Crippen LogP contribution in [0.1, 0.15) is 6.42 Å². The second kappa shape index (κ2) is 4.63.